The zero-order valence-corrected chi connectivity index (χ0v) is 54.0. The molecule has 0 aliphatic carbocycles. The van der Waals surface area contributed by atoms with Crippen LogP contribution in [0.4, 0.5) is 0 Å². The van der Waals surface area contributed by atoms with E-state index in [0.717, 1.165) is 0 Å². The predicted molar refractivity (Wildman–Crippen MR) is 405 cm³/mol. The van der Waals surface area contributed by atoms with E-state index in [0.29, 0.717) is 0 Å². The van der Waals surface area contributed by atoms with Gasteiger partial charge in [0.15, 0.2) is 0 Å². The van der Waals surface area contributed by atoms with Crippen LogP contribution in [0.1, 0.15) is 22.3 Å². The van der Waals surface area contributed by atoms with Crippen LogP contribution in [0, 0.1) is 27.7 Å². The lowest BCUT2D eigenvalue weighted by molar-refractivity contribution is 1.45. The van der Waals surface area contributed by atoms with E-state index < -0.39 is 0 Å². The van der Waals surface area contributed by atoms with Gasteiger partial charge in [0.1, 0.15) is 0 Å². The third-order valence-electron chi connectivity index (χ3n) is 17.3. The summed E-state index contributed by atoms with van der Waals surface area (Å²) in [5, 5.41) is 0. The molecule has 0 saturated heterocycles. The fourth-order valence-electron chi connectivity index (χ4n) is 12.2. The zero-order chi connectivity index (χ0) is 64.3. The van der Waals surface area contributed by atoms with Crippen LogP contribution in [0.25, 0.3) is 122 Å². The molecule has 0 aromatic heterocycles. The average molecular weight is 1210 g/mol. The lowest BCUT2D eigenvalue weighted by Gasteiger charge is -2.13. The first-order valence-electron chi connectivity index (χ1n) is 32.5. The van der Waals surface area contributed by atoms with Crippen LogP contribution in [0.15, 0.2) is 388 Å². The Balaban J connectivity index is 0.000000121. The summed E-state index contributed by atoms with van der Waals surface area (Å²) in [5.41, 5.74) is 33.1. The van der Waals surface area contributed by atoms with Gasteiger partial charge >= 0.3 is 0 Å². The van der Waals surface area contributed by atoms with Crippen LogP contribution in [0.3, 0.4) is 0 Å². The van der Waals surface area contributed by atoms with Gasteiger partial charge < -0.3 is 0 Å². The van der Waals surface area contributed by atoms with E-state index in [2.05, 4.69) is 416 Å². The quantitative estimate of drug-likeness (QED) is 0.121. The average Bonchev–Trinajstić information content (AvgIpc) is 0.978. The molecule has 0 nitrogen and oxygen atoms in total. The maximum Gasteiger partial charge on any atom is -0.0103 e. The van der Waals surface area contributed by atoms with Crippen molar-refractivity contribution in [3.63, 3.8) is 0 Å². The van der Waals surface area contributed by atoms with Gasteiger partial charge in [0, 0.05) is 0 Å². The molecule has 0 heteroatoms. The largest absolute Gasteiger partial charge is 0.0622 e. The van der Waals surface area contributed by atoms with Crippen molar-refractivity contribution in [1.82, 2.24) is 0 Å². The first kappa shape index (κ1) is 62.5. The van der Waals surface area contributed by atoms with E-state index in [4.69, 9.17) is 0 Å². The van der Waals surface area contributed by atoms with Crippen molar-refractivity contribution in [3.05, 3.63) is 411 Å². The topological polar surface area (TPSA) is 0 Å². The fourth-order valence-corrected chi connectivity index (χ4v) is 12.2. The van der Waals surface area contributed by atoms with Crippen molar-refractivity contribution in [2.24, 2.45) is 0 Å². The maximum absolute atomic E-state index is 2.25. The SMILES string of the molecule is Cc1ccc(-c2ccccc2-c2ccc(-c3ccccc3)cc2)cc1.Cc1cccc(-c2ccccc2-c2ccc(-c3ccccc3)cc2)c1.Cc1ccccc1-c1ccccc1-c1ccc(-c2ccccc2)cc1.Cc1ccccc1-c1ccccc1-c1ccccc1. The molecule has 15 aromatic rings. The molecular formula is C94H76. The Bertz CT molecular complexity index is 4850. The number of benzene rings is 15. The molecule has 15 aromatic carbocycles. The minimum atomic E-state index is 1.25. The second kappa shape index (κ2) is 30.9. The summed E-state index contributed by atoms with van der Waals surface area (Å²) in [6, 6.07) is 138. The van der Waals surface area contributed by atoms with E-state index in [1.807, 2.05) is 0 Å². The third-order valence-corrected chi connectivity index (χ3v) is 17.3. The van der Waals surface area contributed by atoms with Gasteiger partial charge in [0.2, 0.25) is 0 Å². The Labute approximate surface area is 557 Å². The first-order valence-corrected chi connectivity index (χ1v) is 32.5. The summed E-state index contributed by atoms with van der Waals surface area (Å²) in [7, 11) is 0. The summed E-state index contributed by atoms with van der Waals surface area (Å²) in [6.45, 7) is 8.60. The van der Waals surface area contributed by atoms with E-state index >= 15 is 0 Å². The minimum absolute atomic E-state index is 1.25. The predicted octanol–water partition coefficient (Wildman–Crippen LogP) is 26.3. The van der Waals surface area contributed by atoms with Crippen molar-refractivity contribution < 1.29 is 0 Å². The highest BCUT2D eigenvalue weighted by Crippen LogP contribution is 2.38. The Morgan fingerprint density at radius 1 is 0.117 bits per heavy atom. The number of aryl methyl sites for hydroxylation is 4. The molecule has 94 heavy (non-hydrogen) atoms. The Morgan fingerprint density at radius 3 is 0.628 bits per heavy atom. The first-order chi connectivity index (χ1) is 46.3. The molecule has 0 aliphatic heterocycles. The molecule has 15 rings (SSSR count). The molecule has 0 bridgehead atoms. The molecule has 0 spiro atoms. The van der Waals surface area contributed by atoms with Crippen LogP contribution in [-0.2, 0) is 0 Å². The van der Waals surface area contributed by atoms with Gasteiger partial charge in [0.05, 0.1) is 0 Å². The summed E-state index contributed by atoms with van der Waals surface area (Å²) in [4.78, 5) is 0. The standard InChI is InChI=1S/3C25H20.C19H16/c1-19-9-5-6-12-23(19)25-14-8-7-13-24(25)22-17-15-21(16-18-22)20-10-3-2-4-11-20;1-19-8-7-11-23(18-19)25-13-6-5-12-24(25)22-16-14-21(15-17-22)20-9-3-2-4-10-20;1-19-11-13-22(14-12-19)24-9-5-6-10-25(24)23-17-15-21(16-18-23)20-7-3-2-4-8-20;1-15-9-5-6-12-17(15)19-14-8-7-13-18(19)16-10-3-2-4-11-16/h3*2-18H,1H3;2-14H,1H3. The maximum atomic E-state index is 2.25. The molecule has 0 amide bonds. The second-order valence-electron chi connectivity index (χ2n) is 23.7. The van der Waals surface area contributed by atoms with Crippen molar-refractivity contribution in [1.29, 1.82) is 0 Å². The molecule has 0 fully saturated rings. The molecule has 0 radical (unpaired) electrons. The lowest BCUT2D eigenvalue weighted by Crippen LogP contribution is -1.88. The highest BCUT2D eigenvalue weighted by molar-refractivity contribution is 5.88. The van der Waals surface area contributed by atoms with Crippen molar-refractivity contribution in [2.75, 3.05) is 0 Å². The summed E-state index contributed by atoms with van der Waals surface area (Å²) in [6.07, 6.45) is 0. The van der Waals surface area contributed by atoms with Crippen molar-refractivity contribution >= 4 is 0 Å². The number of hydrogen-bond acceptors (Lipinski definition) is 0. The van der Waals surface area contributed by atoms with Crippen molar-refractivity contribution in [3.8, 4) is 122 Å². The highest BCUT2D eigenvalue weighted by Gasteiger charge is 2.13. The van der Waals surface area contributed by atoms with Gasteiger partial charge in [-0.2, -0.15) is 0 Å². The summed E-state index contributed by atoms with van der Waals surface area (Å²) in [5.74, 6) is 0. The molecule has 0 N–H and O–H groups in total. The van der Waals surface area contributed by atoms with Crippen LogP contribution >= 0.6 is 0 Å². The van der Waals surface area contributed by atoms with Gasteiger partial charge in [-0.1, -0.05) is 399 Å². The number of hydrogen-bond donors (Lipinski definition) is 0. The molecule has 0 atom stereocenters. The van der Waals surface area contributed by atoms with Gasteiger partial charge in [-0.15, -0.1) is 0 Å². The highest BCUT2D eigenvalue weighted by atomic mass is 14.2. The van der Waals surface area contributed by atoms with Gasteiger partial charge in [-0.05, 0) is 161 Å². The summed E-state index contributed by atoms with van der Waals surface area (Å²) >= 11 is 0. The fraction of sp³-hybridized carbons (Fsp3) is 0.0426. The summed E-state index contributed by atoms with van der Waals surface area (Å²) < 4.78 is 0. The van der Waals surface area contributed by atoms with E-state index in [9.17, 15) is 0 Å². The van der Waals surface area contributed by atoms with Gasteiger partial charge in [-0.3, -0.25) is 0 Å². The van der Waals surface area contributed by atoms with Gasteiger partial charge in [-0.25, -0.2) is 0 Å². The van der Waals surface area contributed by atoms with E-state index in [1.54, 1.807) is 0 Å². The Hall–Kier alpha value is -11.7. The Kier molecular flexibility index (Phi) is 20.5. The zero-order valence-electron chi connectivity index (χ0n) is 54.0. The number of rotatable bonds is 11. The Morgan fingerprint density at radius 2 is 0.319 bits per heavy atom. The molecule has 0 heterocycles. The molecule has 452 valence electrons. The molecule has 0 saturated carbocycles. The van der Waals surface area contributed by atoms with E-state index in [-0.39, 0.29) is 0 Å². The minimum Gasteiger partial charge on any atom is -0.0622 e. The van der Waals surface area contributed by atoms with E-state index in [1.165, 1.54) is 145 Å². The molecule has 0 unspecified atom stereocenters. The van der Waals surface area contributed by atoms with Gasteiger partial charge in [0.25, 0.3) is 0 Å². The monoisotopic (exact) mass is 1200 g/mol. The smallest absolute Gasteiger partial charge is 0.0103 e. The van der Waals surface area contributed by atoms with Crippen molar-refractivity contribution in [2.45, 2.75) is 27.7 Å². The van der Waals surface area contributed by atoms with Crippen LogP contribution in [0.2, 0.25) is 0 Å². The van der Waals surface area contributed by atoms with Crippen LogP contribution in [-0.4, -0.2) is 0 Å². The molecular weight excluding hydrogens is 1130 g/mol. The molecule has 0 aliphatic rings. The lowest BCUT2D eigenvalue weighted by atomic mass is 9.91. The van der Waals surface area contributed by atoms with Crippen LogP contribution in [0.5, 0.6) is 0 Å². The third kappa shape index (κ3) is 15.5. The normalized spacial score (nSPS) is 10.6. The van der Waals surface area contributed by atoms with Crippen LogP contribution < -0.4 is 0 Å². The second-order valence-corrected chi connectivity index (χ2v) is 23.7.